The van der Waals surface area contributed by atoms with E-state index in [0.717, 1.165) is 0 Å². The van der Waals surface area contributed by atoms with E-state index in [0.29, 0.717) is 0 Å². The molecule has 0 aromatic carbocycles. The fourth-order valence-electron chi connectivity index (χ4n) is 0.102. The quantitative estimate of drug-likeness (QED) is 0.287. The average Bonchev–Trinajstić information content (AvgIpc) is 1.30. The Bertz CT molecular complexity index is 133. The van der Waals surface area contributed by atoms with Crippen LogP contribution in [0.4, 0.5) is 0 Å². The summed E-state index contributed by atoms with van der Waals surface area (Å²) < 4.78 is 28.8. The van der Waals surface area contributed by atoms with Crippen molar-refractivity contribution in [3.05, 3.63) is 0 Å². The van der Waals surface area contributed by atoms with Crippen molar-refractivity contribution in [2.75, 3.05) is 11.5 Å². The second-order valence-corrected chi connectivity index (χ2v) is 2.90. The molecular weight excluding hydrogens is 356 g/mol. The van der Waals surface area contributed by atoms with Crippen LogP contribution in [0.3, 0.4) is 0 Å². The van der Waals surface area contributed by atoms with Crippen LogP contribution in [0.15, 0.2) is 0 Å². The Balaban J connectivity index is -0.000000180. The van der Waals surface area contributed by atoms with Crippen LogP contribution in [0.25, 0.3) is 0 Å². The summed E-state index contributed by atoms with van der Waals surface area (Å²) >= 11 is 4.22. The van der Waals surface area contributed by atoms with Crippen LogP contribution in [0.2, 0.25) is 0 Å². The van der Waals surface area contributed by atoms with Crippen LogP contribution in [0.1, 0.15) is 0 Å². The molecule has 0 aromatic rings. The van der Waals surface area contributed by atoms with Crippen LogP contribution in [-0.2, 0) is 45.1 Å². The third-order valence-electron chi connectivity index (χ3n) is 0.333. The zero-order chi connectivity index (χ0) is 5.91. The van der Waals surface area contributed by atoms with Gasteiger partial charge in [0.05, 0.1) is 10.1 Å². The van der Waals surface area contributed by atoms with E-state index in [1.807, 2.05) is 0 Å². The average molecular weight is 360 g/mol. The predicted molar refractivity (Wildman–Crippen MR) is 26.8 cm³/mol. The number of rotatable bonds is 2. The Morgan fingerprint density at radius 1 is 1.44 bits per heavy atom. The molecule has 0 spiro atoms. The van der Waals surface area contributed by atoms with Gasteiger partial charge in [0.15, 0.2) is 0 Å². The van der Waals surface area contributed by atoms with E-state index in [2.05, 4.69) is 12.6 Å². The van der Waals surface area contributed by atoms with Gasteiger partial charge in [-0.15, -0.1) is 0 Å². The van der Waals surface area contributed by atoms with Gasteiger partial charge in [-0.1, -0.05) is 0 Å². The molecule has 54 valence electrons. The largest absolute Gasteiger partial charge is 1.00 e. The summed E-state index contributed by atoms with van der Waals surface area (Å²) in [4.78, 5) is 0. The van der Waals surface area contributed by atoms with Gasteiger partial charge < -0.3 is 17.2 Å². The molecule has 0 saturated heterocycles. The first kappa shape index (κ1) is 17.2. The minimum Gasteiger partial charge on any atom is -0.792 e. The molecule has 0 radical (unpaired) electrons. The Morgan fingerprint density at radius 2 is 1.78 bits per heavy atom. The second kappa shape index (κ2) is 8.10. The van der Waals surface area contributed by atoms with Gasteiger partial charge in [-0.25, -0.2) is 8.42 Å². The SMILES string of the molecule is O=S(=O)([O-])CC[S-].[Au+].[Na+]. The van der Waals surface area contributed by atoms with Crippen molar-refractivity contribution in [1.82, 2.24) is 0 Å². The first-order valence-electron chi connectivity index (χ1n) is 1.58. The fourth-order valence-corrected chi connectivity index (χ4v) is 0.919. The normalized spacial score (nSPS) is 9.11. The van der Waals surface area contributed by atoms with Crippen LogP contribution in [0, 0.1) is 0 Å². The van der Waals surface area contributed by atoms with E-state index in [4.69, 9.17) is 0 Å². The summed E-state index contributed by atoms with van der Waals surface area (Å²) in [5.74, 6) is -0.436. The van der Waals surface area contributed by atoms with Gasteiger partial charge in [0.1, 0.15) is 0 Å². The smallest absolute Gasteiger partial charge is 0.792 e. The minimum atomic E-state index is -4.03. The summed E-state index contributed by atoms with van der Waals surface area (Å²) in [7, 11) is -4.03. The van der Waals surface area contributed by atoms with Crippen molar-refractivity contribution in [1.29, 1.82) is 0 Å². The van der Waals surface area contributed by atoms with Crippen molar-refractivity contribution >= 4 is 22.7 Å². The molecule has 0 N–H and O–H groups in total. The summed E-state index contributed by atoms with van der Waals surface area (Å²) in [6.45, 7) is 0. The topological polar surface area (TPSA) is 57.2 Å². The molecule has 0 aromatic heterocycles. The Hall–Kier alpha value is 2.00. The van der Waals surface area contributed by atoms with Crippen molar-refractivity contribution in [2.24, 2.45) is 0 Å². The molecule has 9 heavy (non-hydrogen) atoms. The fraction of sp³-hybridized carbons (Fsp3) is 1.00. The second-order valence-electron chi connectivity index (χ2n) is 0.966. The van der Waals surface area contributed by atoms with Gasteiger partial charge in [-0.2, -0.15) is 5.75 Å². The summed E-state index contributed by atoms with van der Waals surface area (Å²) in [6, 6.07) is 0. The molecule has 3 nitrogen and oxygen atoms in total. The molecule has 0 heterocycles. The summed E-state index contributed by atoms with van der Waals surface area (Å²) in [5.41, 5.74) is 0. The maximum Gasteiger partial charge on any atom is 1.00 e. The molecule has 0 aliphatic carbocycles. The predicted octanol–water partition coefficient (Wildman–Crippen LogP) is -3.92. The number of hydrogen-bond donors (Lipinski definition) is 0. The van der Waals surface area contributed by atoms with E-state index in [-0.39, 0.29) is 57.7 Å². The molecule has 7 heteroatoms. The van der Waals surface area contributed by atoms with Crippen LogP contribution < -0.4 is 29.6 Å². The van der Waals surface area contributed by atoms with Gasteiger partial charge in [-0.05, 0) is 0 Å². The van der Waals surface area contributed by atoms with Crippen molar-refractivity contribution in [2.45, 2.75) is 0 Å². The maximum atomic E-state index is 9.61. The zero-order valence-corrected chi connectivity index (χ0v) is 10.6. The van der Waals surface area contributed by atoms with Gasteiger partial charge in [0.25, 0.3) is 0 Å². The molecule has 0 aliphatic rings. The molecule has 0 rings (SSSR count). The third-order valence-corrected chi connectivity index (χ3v) is 1.50. The molecule has 0 atom stereocenters. The number of hydrogen-bond acceptors (Lipinski definition) is 4. The Morgan fingerprint density at radius 3 is 1.78 bits per heavy atom. The van der Waals surface area contributed by atoms with Gasteiger partial charge in [0, 0.05) is 5.75 Å². The molecule has 0 bridgehead atoms. The van der Waals surface area contributed by atoms with E-state index in [1.54, 1.807) is 0 Å². The standard InChI is InChI=1S/C2H6O3S2.Au.Na/c3-7(4,5)2-1-6;;/h6H,1-2H2,(H,3,4,5);;/q;2*+1/p-2. The molecule has 0 fully saturated rings. The van der Waals surface area contributed by atoms with E-state index in [1.165, 1.54) is 0 Å². The first-order valence-corrected chi connectivity index (χ1v) is 3.73. The molecule has 0 saturated carbocycles. The van der Waals surface area contributed by atoms with Crippen molar-refractivity contribution in [3.63, 3.8) is 0 Å². The molecule has 0 amide bonds. The van der Waals surface area contributed by atoms with E-state index >= 15 is 0 Å². The Kier molecular flexibility index (Phi) is 15.5. The molecule has 0 aliphatic heterocycles. The van der Waals surface area contributed by atoms with Crippen molar-refractivity contribution in [3.8, 4) is 0 Å². The monoisotopic (exact) mass is 360 g/mol. The van der Waals surface area contributed by atoms with Gasteiger partial charge in [-0.3, -0.25) is 0 Å². The molecular formula is C2H4AuNaO3S2. The van der Waals surface area contributed by atoms with Crippen molar-refractivity contribution < 1.29 is 64.9 Å². The first-order chi connectivity index (χ1) is 3.06. The van der Waals surface area contributed by atoms with E-state index < -0.39 is 15.9 Å². The van der Waals surface area contributed by atoms with Crippen LogP contribution >= 0.6 is 0 Å². The van der Waals surface area contributed by atoms with Gasteiger partial charge in [0.2, 0.25) is 0 Å². The summed E-state index contributed by atoms with van der Waals surface area (Å²) in [6.07, 6.45) is 0. The van der Waals surface area contributed by atoms with Gasteiger partial charge >= 0.3 is 51.9 Å². The maximum absolute atomic E-state index is 9.61. The molecule has 0 unspecified atom stereocenters. The van der Waals surface area contributed by atoms with E-state index in [9.17, 15) is 13.0 Å². The van der Waals surface area contributed by atoms with Crippen LogP contribution in [0.5, 0.6) is 0 Å². The zero-order valence-electron chi connectivity index (χ0n) is 4.76. The third kappa shape index (κ3) is 17.8. The Labute approximate surface area is 97.9 Å². The summed E-state index contributed by atoms with van der Waals surface area (Å²) in [5, 5.41) is 0. The minimum absolute atomic E-state index is 0. The van der Waals surface area contributed by atoms with Crippen LogP contribution in [-0.4, -0.2) is 24.5 Å².